The van der Waals surface area contributed by atoms with E-state index in [0.717, 1.165) is 24.8 Å². The van der Waals surface area contributed by atoms with Crippen molar-refractivity contribution in [3.05, 3.63) is 23.3 Å². The van der Waals surface area contributed by atoms with Gasteiger partial charge in [-0.3, -0.25) is 19.3 Å². The zero-order valence-electron chi connectivity index (χ0n) is 17.6. The smallest absolute Gasteiger partial charge is 0.240 e. The molecule has 0 bridgehead atoms. The number of ketones is 1. The third-order valence-electron chi connectivity index (χ3n) is 4.34. The highest BCUT2D eigenvalue weighted by molar-refractivity contribution is 6.07. The minimum absolute atomic E-state index is 0.0569. The maximum Gasteiger partial charge on any atom is 0.240 e. The van der Waals surface area contributed by atoms with Gasteiger partial charge in [0.25, 0.3) is 0 Å². The Bertz CT molecular complexity index is 528. The normalized spacial score (nSPS) is 12.5. The predicted octanol–water partition coefficient (Wildman–Crippen LogP) is 5.23. The van der Waals surface area contributed by atoms with Crippen molar-refractivity contribution in [1.82, 2.24) is 4.90 Å². The van der Waals surface area contributed by atoms with Crippen LogP contribution in [0.4, 0.5) is 0 Å². The summed E-state index contributed by atoms with van der Waals surface area (Å²) in [7, 11) is 0. The van der Waals surface area contributed by atoms with Gasteiger partial charge in [0.2, 0.25) is 11.8 Å². The van der Waals surface area contributed by atoms with Gasteiger partial charge in [-0.15, -0.1) is 0 Å². The first kappa shape index (κ1) is 24.3. The van der Waals surface area contributed by atoms with Gasteiger partial charge in [-0.05, 0) is 52.9 Å². The molecule has 0 radical (unpaired) electrons. The first-order chi connectivity index (χ1) is 12.3. The molecule has 0 aliphatic rings. The number of imide groups is 1. The molecule has 0 rings (SSSR count). The van der Waals surface area contributed by atoms with Gasteiger partial charge < -0.3 is 0 Å². The SMILES string of the molecule is CCCC(=O)C(CC)C(=O)N(C/C=C(\C)CCC=C(C)C)C(=O)CCC. The highest BCUT2D eigenvalue weighted by Gasteiger charge is 2.30. The molecule has 0 aromatic rings. The molecule has 0 N–H and O–H groups in total. The highest BCUT2D eigenvalue weighted by atomic mass is 16.2. The van der Waals surface area contributed by atoms with Gasteiger partial charge in [-0.2, -0.15) is 0 Å². The zero-order chi connectivity index (χ0) is 20.1. The molecule has 2 amide bonds. The lowest BCUT2D eigenvalue weighted by molar-refractivity contribution is -0.149. The fraction of sp³-hybridized carbons (Fsp3) is 0.682. The number of carbonyl (C=O) groups is 3. The Morgan fingerprint density at radius 2 is 1.50 bits per heavy atom. The molecule has 4 nitrogen and oxygen atoms in total. The van der Waals surface area contributed by atoms with Crippen molar-refractivity contribution in [2.24, 2.45) is 5.92 Å². The summed E-state index contributed by atoms with van der Waals surface area (Å²) in [4.78, 5) is 38.9. The van der Waals surface area contributed by atoms with E-state index in [1.54, 1.807) is 0 Å². The fourth-order valence-electron chi connectivity index (χ4n) is 2.75. The Balaban J connectivity index is 5.21. The van der Waals surface area contributed by atoms with Crippen molar-refractivity contribution < 1.29 is 14.4 Å². The van der Waals surface area contributed by atoms with Crippen LogP contribution in [0.3, 0.4) is 0 Å². The second kappa shape index (κ2) is 13.5. The molecular weight excluding hydrogens is 326 g/mol. The minimum atomic E-state index is -0.699. The number of allylic oxidation sites excluding steroid dienone is 3. The molecule has 0 saturated heterocycles. The van der Waals surface area contributed by atoms with Crippen molar-refractivity contribution >= 4 is 17.6 Å². The molecule has 0 fully saturated rings. The first-order valence-corrected chi connectivity index (χ1v) is 9.94. The van der Waals surface area contributed by atoms with E-state index in [-0.39, 0.29) is 24.1 Å². The maximum absolute atomic E-state index is 12.9. The summed E-state index contributed by atoms with van der Waals surface area (Å²) in [5, 5.41) is 0. The van der Waals surface area contributed by atoms with E-state index in [9.17, 15) is 14.4 Å². The molecule has 0 heterocycles. The van der Waals surface area contributed by atoms with E-state index in [0.29, 0.717) is 25.7 Å². The van der Waals surface area contributed by atoms with Crippen LogP contribution in [-0.2, 0) is 14.4 Å². The minimum Gasteiger partial charge on any atom is -0.299 e. The van der Waals surface area contributed by atoms with Crippen LogP contribution in [0.5, 0.6) is 0 Å². The Kier molecular flexibility index (Phi) is 12.6. The Hall–Kier alpha value is -1.71. The molecule has 0 aliphatic heterocycles. The molecule has 4 heteroatoms. The molecular formula is C22H37NO3. The van der Waals surface area contributed by atoms with Crippen LogP contribution < -0.4 is 0 Å². The molecule has 0 aromatic carbocycles. The van der Waals surface area contributed by atoms with Crippen molar-refractivity contribution in [2.75, 3.05) is 6.54 Å². The summed E-state index contributed by atoms with van der Waals surface area (Å²) in [6, 6.07) is 0. The predicted molar refractivity (Wildman–Crippen MR) is 108 cm³/mol. The molecule has 0 saturated carbocycles. The van der Waals surface area contributed by atoms with Gasteiger partial charge in [0.15, 0.2) is 0 Å². The summed E-state index contributed by atoms with van der Waals surface area (Å²) in [5.41, 5.74) is 2.44. The monoisotopic (exact) mass is 363 g/mol. The van der Waals surface area contributed by atoms with Gasteiger partial charge >= 0.3 is 0 Å². The highest BCUT2D eigenvalue weighted by Crippen LogP contribution is 2.15. The zero-order valence-corrected chi connectivity index (χ0v) is 17.6. The summed E-state index contributed by atoms with van der Waals surface area (Å²) < 4.78 is 0. The lowest BCUT2D eigenvalue weighted by atomic mass is 9.96. The van der Waals surface area contributed by atoms with Gasteiger partial charge in [0.1, 0.15) is 5.78 Å². The number of carbonyl (C=O) groups excluding carboxylic acids is 3. The largest absolute Gasteiger partial charge is 0.299 e. The number of hydrogen-bond donors (Lipinski definition) is 0. The summed E-state index contributed by atoms with van der Waals surface area (Å²) in [6.07, 6.45) is 8.54. The van der Waals surface area contributed by atoms with E-state index >= 15 is 0 Å². The molecule has 1 atom stereocenters. The summed E-state index contributed by atoms with van der Waals surface area (Å²) >= 11 is 0. The second-order valence-corrected chi connectivity index (χ2v) is 7.14. The first-order valence-electron chi connectivity index (χ1n) is 9.94. The van der Waals surface area contributed by atoms with Crippen molar-refractivity contribution in [2.45, 2.75) is 86.5 Å². The molecule has 26 heavy (non-hydrogen) atoms. The second-order valence-electron chi connectivity index (χ2n) is 7.14. The lowest BCUT2D eigenvalue weighted by Gasteiger charge is -2.24. The average Bonchev–Trinajstić information content (AvgIpc) is 2.55. The van der Waals surface area contributed by atoms with E-state index in [1.165, 1.54) is 10.5 Å². The van der Waals surface area contributed by atoms with Crippen LogP contribution in [0.15, 0.2) is 23.3 Å². The quantitative estimate of drug-likeness (QED) is 0.352. The van der Waals surface area contributed by atoms with E-state index < -0.39 is 5.92 Å². The third kappa shape index (κ3) is 9.12. The van der Waals surface area contributed by atoms with Gasteiger partial charge in [-0.1, -0.05) is 44.1 Å². The average molecular weight is 364 g/mol. The van der Waals surface area contributed by atoms with Crippen LogP contribution in [0.1, 0.15) is 86.5 Å². The number of hydrogen-bond acceptors (Lipinski definition) is 3. The number of nitrogens with zero attached hydrogens (tertiary/aromatic N) is 1. The topological polar surface area (TPSA) is 54.5 Å². The Labute approximate surface area is 159 Å². The number of rotatable bonds is 12. The molecule has 148 valence electrons. The van der Waals surface area contributed by atoms with E-state index in [1.807, 2.05) is 33.8 Å². The van der Waals surface area contributed by atoms with Crippen LogP contribution >= 0.6 is 0 Å². The Morgan fingerprint density at radius 1 is 0.885 bits per heavy atom. The lowest BCUT2D eigenvalue weighted by Crippen LogP contribution is -2.43. The van der Waals surface area contributed by atoms with Crippen LogP contribution in [0.2, 0.25) is 0 Å². The van der Waals surface area contributed by atoms with Crippen LogP contribution in [0.25, 0.3) is 0 Å². The Morgan fingerprint density at radius 3 is 2.00 bits per heavy atom. The number of amides is 2. The van der Waals surface area contributed by atoms with Crippen LogP contribution in [0, 0.1) is 5.92 Å². The number of Topliss-reactive ketones (excluding diaryl/α,β-unsaturated/α-hetero) is 1. The van der Waals surface area contributed by atoms with Gasteiger partial charge in [0, 0.05) is 19.4 Å². The van der Waals surface area contributed by atoms with Crippen molar-refractivity contribution in [1.29, 1.82) is 0 Å². The standard InChI is InChI=1S/C22H37NO3/c1-7-11-20(24)19(9-3)22(26)23(21(25)12-8-2)16-15-18(6)14-10-13-17(4)5/h13,15,19H,7-12,14,16H2,1-6H3/b18-15+. The molecule has 0 aliphatic carbocycles. The van der Waals surface area contributed by atoms with Gasteiger partial charge in [0.05, 0.1) is 5.92 Å². The summed E-state index contributed by atoms with van der Waals surface area (Å²) in [6.45, 7) is 12.1. The summed E-state index contributed by atoms with van der Waals surface area (Å²) in [5.74, 6) is -1.28. The van der Waals surface area contributed by atoms with Gasteiger partial charge in [-0.25, -0.2) is 0 Å². The molecule has 1 unspecified atom stereocenters. The molecule has 0 aromatic heterocycles. The van der Waals surface area contributed by atoms with Crippen LogP contribution in [-0.4, -0.2) is 29.0 Å². The van der Waals surface area contributed by atoms with E-state index in [2.05, 4.69) is 19.9 Å². The fourth-order valence-corrected chi connectivity index (χ4v) is 2.75. The van der Waals surface area contributed by atoms with E-state index in [4.69, 9.17) is 0 Å². The maximum atomic E-state index is 12.9. The van der Waals surface area contributed by atoms with Crippen molar-refractivity contribution in [3.63, 3.8) is 0 Å². The third-order valence-corrected chi connectivity index (χ3v) is 4.34. The van der Waals surface area contributed by atoms with Crippen molar-refractivity contribution in [3.8, 4) is 0 Å². The molecule has 0 spiro atoms.